The molecule has 0 saturated carbocycles. The van der Waals surface area contributed by atoms with E-state index >= 15 is 0 Å². The molecule has 238 valence electrons. The van der Waals surface area contributed by atoms with Crippen LogP contribution in [0.1, 0.15) is 79.0 Å². The van der Waals surface area contributed by atoms with Gasteiger partial charge in [0.2, 0.25) is 0 Å². The van der Waals surface area contributed by atoms with Crippen LogP contribution in [0.5, 0.6) is 0 Å². The number of nitrogens with zero attached hydrogens (tertiary/aromatic N) is 1. The molecule has 2 aliphatic heterocycles. The zero-order valence-corrected chi connectivity index (χ0v) is 27.2. The Balaban J connectivity index is 1.09. The molecule has 6 heteroatoms. The van der Waals surface area contributed by atoms with E-state index in [2.05, 4.69) is 72.7 Å². The first kappa shape index (κ1) is 31.7. The zero-order chi connectivity index (χ0) is 32.1. The molecule has 0 aliphatic carbocycles. The first-order valence-electron chi connectivity index (χ1n) is 16.6. The second kappa shape index (κ2) is 14.0. The van der Waals surface area contributed by atoms with E-state index < -0.39 is 0 Å². The van der Waals surface area contributed by atoms with Crippen molar-refractivity contribution in [1.82, 2.24) is 10.2 Å². The smallest absolute Gasteiger partial charge is 0.328 e. The fourth-order valence-corrected chi connectivity index (χ4v) is 6.70. The molecular formula is C40H45N3O3. The van der Waals surface area contributed by atoms with Gasteiger partial charge in [-0.05, 0) is 96.2 Å². The van der Waals surface area contributed by atoms with Gasteiger partial charge in [0.05, 0.1) is 0 Å². The quantitative estimate of drug-likeness (QED) is 0.199. The molecular weight excluding hydrogens is 570 g/mol. The van der Waals surface area contributed by atoms with Gasteiger partial charge in [-0.15, -0.1) is 0 Å². The molecule has 2 saturated heterocycles. The van der Waals surface area contributed by atoms with Crippen LogP contribution in [0.3, 0.4) is 0 Å². The summed E-state index contributed by atoms with van der Waals surface area (Å²) in [7, 11) is 0. The van der Waals surface area contributed by atoms with Crippen LogP contribution in [0.4, 0.5) is 5.69 Å². The van der Waals surface area contributed by atoms with Crippen LogP contribution in [0.2, 0.25) is 0 Å². The van der Waals surface area contributed by atoms with Gasteiger partial charge < -0.3 is 15.4 Å². The third kappa shape index (κ3) is 7.41. The van der Waals surface area contributed by atoms with E-state index in [-0.39, 0.29) is 29.4 Å². The van der Waals surface area contributed by atoms with Crippen LogP contribution in [0, 0.1) is 0 Å². The molecule has 4 aromatic carbocycles. The van der Waals surface area contributed by atoms with Gasteiger partial charge in [0.25, 0.3) is 5.91 Å². The fourth-order valence-electron chi connectivity index (χ4n) is 6.70. The number of amides is 1. The lowest BCUT2D eigenvalue weighted by molar-refractivity contribution is -0.155. The van der Waals surface area contributed by atoms with Crippen LogP contribution in [-0.4, -0.2) is 49.1 Å². The van der Waals surface area contributed by atoms with E-state index in [9.17, 15) is 9.59 Å². The number of esters is 1. The number of likely N-dealkylation sites (tertiary alicyclic amines) is 1. The van der Waals surface area contributed by atoms with Gasteiger partial charge in [0, 0.05) is 17.8 Å². The van der Waals surface area contributed by atoms with E-state index in [0.29, 0.717) is 11.5 Å². The van der Waals surface area contributed by atoms with E-state index in [1.807, 2.05) is 66.7 Å². The minimum absolute atomic E-state index is 0.0521. The number of hydrogen-bond acceptors (Lipinski definition) is 5. The third-order valence-electron chi connectivity index (χ3n) is 9.40. The van der Waals surface area contributed by atoms with Gasteiger partial charge in [-0.2, -0.15) is 0 Å². The average Bonchev–Trinajstić information content (AvgIpc) is 3.59. The van der Waals surface area contributed by atoms with Gasteiger partial charge in [-0.3, -0.25) is 9.69 Å². The van der Waals surface area contributed by atoms with Gasteiger partial charge in [0.15, 0.2) is 0 Å². The van der Waals surface area contributed by atoms with Crippen molar-refractivity contribution in [3.8, 4) is 11.1 Å². The Morgan fingerprint density at radius 3 is 2.15 bits per heavy atom. The Labute approximate surface area is 273 Å². The summed E-state index contributed by atoms with van der Waals surface area (Å²) in [4.78, 5) is 29.1. The standard InChI is InChI=1S/C40H45N3O3/c1-40(2,3)32-17-13-30(14-18-32)35-11-7-8-12-36(35)38(44)42-33-19-15-28(16-20-33)29-22-25-43(26-23-29)37(31-9-5-4-6-10-31)39(45)46-34-21-24-41-27-34/h4-20,29,34,37,41H,21-27H2,1-3H3,(H,42,44). The molecule has 1 amide bonds. The number of piperidine rings is 1. The molecule has 2 unspecified atom stereocenters. The normalized spacial score (nSPS) is 18.2. The van der Waals surface area contributed by atoms with Crippen molar-refractivity contribution in [1.29, 1.82) is 0 Å². The highest BCUT2D eigenvalue weighted by Crippen LogP contribution is 2.34. The fraction of sp³-hybridized carbons (Fsp3) is 0.350. The summed E-state index contributed by atoms with van der Waals surface area (Å²) >= 11 is 0. The second-order valence-corrected chi connectivity index (χ2v) is 13.6. The highest BCUT2D eigenvalue weighted by Gasteiger charge is 2.34. The molecule has 0 radical (unpaired) electrons. The monoisotopic (exact) mass is 615 g/mol. The molecule has 6 nitrogen and oxygen atoms in total. The van der Waals surface area contributed by atoms with E-state index in [1.165, 1.54) is 11.1 Å². The maximum Gasteiger partial charge on any atom is 0.328 e. The molecule has 2 aliphatic rings. The largest absolute Gasteiger partial charge is 0.460 e. The number of benzene rings is 4. The van der Waals surface area contributed by atoms with Crippen LogP contribution in [-0.2, 0) is 14.9 Å². The maximum atomic E-state index is 13.4. The SMILES string of the molecule is CC(C)(C)c1ccc(-c2ccccc2C(=O)Nc2ccc(C3CCN(C(C(=O)OC4CCNC4)c4ccccc4)CC3)cc2)cc1. The van der Waals surface area contributed by atoms with Crippen molar-refractivity contribution in [2.45, 2.75) is 63.5 Å². The van der Waals surface area contributed by atoms with Crippen LogP contribution < -0.4 is 10.6 Å². The van der Waals surface area contributed by atoms with Gasteiger partial charge in [-0.1, -0.05) is 106 Å². The molecule has 2 N–H and O–H groups in total. The summed E-state index contributed by atoms with van der Waals surface area (Å²) < 4.78 is 5.94. The van der Waals surface area contributed by atoms with Gasteiger partial charge in [0.1, 0.15) is 12.1 Å². The lowest BCUT2D eigenvalue weighted by atomic mass is 9.86. The van der Waals surface area contributed by atoms with Crippen molar-refractivity contribution in [2.24, 2.45) is 0 Å². The highest BCUT2D eigenvalue weighted by molar-refractivity contribution is 6.08. The number of ether oxygens (including phenoxy) is 1. The highest BCUT2D eigenvalue weighted by atomic mass is 16.5. The third-order valence-corrected chi connectivity index (χ3v) is 9.40. The number of hydrogen-bond donors (Lipinski definition) is 2. The topological polar surface area (TPSA) is 70.7 Å². The van der Waals surface area contributed by atoms with Crippen LogP contribution >= 0.6 is 0 Å². The Bertz CT molecular complexity index is 1610. The van der Waals surface area contributed by atoms with Crippen LogP contribution in [0.15, 0.2) is 103 Å². The number of nitrogens with one attached hydrogen (secondary N) is 2. The summed E-state index contributed by atoms with van der Waals surface area (Å²) in [6.45, 7) is 9.85. The molecule has 2 heterocycles. The molecule has 0 bridgehead atoms. The Morgan fingerprint density at radius 2 is 1.50 bits per heavy atom. The van der Waals surface area contributed by atoms with Crippen molar-refractivity contribution < 1.29 is 14.3 Å². The Morgan fingerprint density at radius 1 is 0.826 bits per heavy atom. The van der Waals surface area contributed by atoms with Gasteiger partial charge >= 0.3 is 5.97 Å². The number of rotatable bonds is 8. The lowest BCUT2D eigenvalue weighted by Gasteiger charge is -2.37. The molecule has 2 atom stereocenters. The zero-order valence-electron chi connectivity index (χ0n) is 27.2. The van der Waals surface area contributed by atoms with E-state index in [0.717, 1.165) is 67.8 Å². The molecule has 2 fully saturated rings. The van der Waals surface area contributed by atoms with E-state index in [4.69, 9.17) is 4.74 Å². The number of carbonyl (C=O) groups is 2. The summed E-state index contributed by atoms with van der Waals surface area (Å²) in [5.74, 6) is 0.120. The predicted molar refractivity (Wildman–Crippen MR) is 185 cm³/mol. The molecule has 46 heavy (non-hydrogen) atoms. The summed E-state index contributed by atoms with van der Waals surface area (Å²) in [6, 6.07) is 34.1. The summed E-state index contributed by atoms with van der Waals surface area (Å²) in [5, 5.41) is 6.40. The van der Waals surface area contributed by atoms with Crippen molar-refractivity contribution in [3.05, 3.63) is 125 Å². The molecule has 0 aromatic heterocycles. The molecule has 6 rings (SSSR count). The van der Waals surface area contributed by atoms with Gasteiger partial charge in [-0.25, -0.2) is 4.79 Å². The second-order valence-electron chi connectivity index (χ2n) is 13.6. The molecule has 4 aromatic rings. The maximum absolute atomic E-state index is 13.4. The predicted octanol–water partition coefficient (Wildman–Crippen LogP) is 7.73. The van der Waals surface area contributed by atoms with Crippen LogP contribution in [0.25, 0.3) is 11.1 Å². The summed E-state index contributed by atoms with van der Waals surface area (Å²) in [5.41, 5.74) is 6.95. The number of anilines is 1. The minimum Gasteiger partial charge on any atom is -0.460 e. The summed E-state index contributed by atoms with van der Waals surface area (Å²) in [6.07, 6.45) is 2.72. The van der Waals surface area contributed by atoms with Crippen molar-refractivity contribution in [3.63, 3.8) is 0 Å². The first-order chi connectivity index (χ1) is 22.3. The van der Waals surface area contributed by atoms with Crippen molar-refractivity contribution in [2.75, 3.05) is 31.5 Å². The number of carbonyl (C=O) groups excluding carboxylic acids is 2. The Kier molecular flexibility index (Phi) is 9.67. The molecule has 0 spiro atoms. The first-order valence-corrected chi connectivity index (χ1v) is 16.6. The van der Waals surface area contributed by atoms with Crippen molar-refractivity contribution >= 4 is 17.6 Å². The minimum atomic E-state index is -0.389. The average molecular weight is 616 g/mol. The van der Waals surface area contributed by atoms with E-state index in [1.54, 1.807) is 0 Å². The lowest BCUT2D eigenvalue weighted by Crippen LogP contribution is -2.41. The Hall–Kier alpha value is -4.26.